The molecule has 2 aromatic rings. The van der Waals surface area contributed by atoms with Gasteiger partial charge in [0.1, 0.15) is 5.82 Å². The molecular formula is C15H14BrF2NO. The minimum Gasteiger partial charge on any atom is -0.494 e. The van der Waals surface area contributed by atoms with Crippen molar-refractivity contribution < 1.29 is 13.5 Å². The lowest BCUT2D eigenvalue weighted by Crippen LogP contribution is -2.14. The first-order chi connectivity index (χ1) is 9.51. The highest BCUT2D eigenvalue weighted by Gasteiger charge is 2.13. The van der Waals surface area contributed by atoms with Crippen LogP contribution in [0.1, 0.15) is 17.2 Å². The van der Waals surface area contributed by atoms with Crippen molar-refractivity contribution >= 4 is 15.9 Å². The lowest BCUT2D eigenvalue weighted by molar-refractivity contribution is 0.386. The Kier molecular flexibility index (Phi) is 4.73. The predicted molar refractivity (Wildman–Crippen MR) is 77.7 cm³/mol. The van der Waals surface area contributed by atoms with Gasteiger partial charge in [-0.15, -0.1) is 0 Å². The number of rotatable bonds is 4. The van der Waals surface area contributed by atoms with Gasteiger partial charge in [-0.25, -0.2) is 8.78 Å². The largest absolute Gasteiger partial charge is 0.494 e. The fourth-order valence-corrected chi connectivity index (χ4v) is 2.65. The number of nitrogens with two attached hydrogens (primary N) is 1. The second kappa shape index (κ2) is 6.33. The van der Waals surface area contributed by atoms with E-state index in [2.05, 4.69) is 15.9 Å². The molecule has 2 aromatic carbocycles. The molecule has 0 aliphatic rings. The Hall–Kier alpha value is -1.46. The summed E-state index contributed by atoms with van der Waals surface area (Å²) in [6.07, 6.45) is 0.450. The summed E-state index contributed by atoms with van der Waals surface area (Å²) in [4.78, 5) is 0. The van der Waals surface area contributed by atoms with Gasteiger partial charge in [0.05, 0.1) is 7.11 Å². The first-order valence-corrected chi connectivity index (χ1v) is 6.83. The van der Waals surface area contributed by atoms with Gasteiger partial charge < -0.3 is 10.5 Å². The molecule has 2 rings (SSSR count). The maximum atomic E-state index is 13.6. The molecule has 2 nitrogen and oxygen atoms in total. The molecule has 1 atom stereocenters. The van der Waals surface area contributed by atoms with E-state index in [0.29, 0.717) is 10.9 Å². The van der Waals surface area contributed by atoms with Gasteiger partial charge in [-0.3, -0.25) is 0 Å². The van der Waals surface area contributed by atoms with Crippen molar-refractivity contribution in [2.75, 3.05) is 7.11 Å². The summed E-state index contributed by atoms with van der Waals surface area (Å²) in [5, 5.41) is 0. The van der Waals surface area contributed by atoms with Crippen LogP contribution in [0.5, 0.6) is 5.75 Å². The normalized spacial score (nSPS) is 12.2. The minimum atomic E-state index is -0.421. The van der Waals surface area contributed by atoms with Gasteiger partial charge in [0.25, 0.3) is 0 Å². The summed E-state index contributed by atoms with van der Waals surface area (Å²) in [6.45, 7) is 0. The van der Waals surface area contributed by atoms with Gasteiger partial charge in [0.2, 0.25) is 0 Å². The summed E-state index contributed by atoms with van der Waals surface area (Å²) in [7, 11) is 1.42. The Balaban J connectivity index is 2.18. The van der Waals surface area contributed by atoms with Crippen molar-refractivity contribution in [3.63, 3.8) is 0 Å². The number of hydrogen-bond acceptors (Lipinski definition) is 2. The van der Waals surface area contributed by atoms with Crippen LogP contribution < -0.4 is 10.5 Å². The Morgan fingerprint density at radius 2 is 1.95 bits per heavy atom. The van der Waals surface area contributed by atoms with Gasteiger partial charge in [-0.2, -0.15) is 0 Å². The minimum absolute atomic E-state index is 0.199. The monoisotopic (exact) mass is 341 g/mol. The number of methoxy groups -OCH3 is 1. The topological polar surface area (TPSA) is 35.2 Å². The maximum Gasteiger partial charge on any atom is 0.165 e. The maximum absolute atomic E-state index is 13.6. The van der Waals surface area contributed by atoms with Crippen LogP contribution in [-0.2, 0) is 6.42 Å². The van der Waals surface area contributed by atoms with E-state index in [1.807, 2.05) is 0 Å². The Morgan fingerprint density at radius 3 is 2.55 bits per heavy atom. The van der Waals surface area contributed by atoms with Crippen LogP contribution in [0.3, 0.4) is 0 Å². The van der Waals surface area contributed by atoms with Crippen LogP contribution in [0.4, 0.5) is 8.78 Å². The zero-order valence-electron chi connectivity index (χ0n) is 10.9. The van der Waals surface area contributed by atoms with Gasteiger partial charge in [0.15, 0.2) is 11.6 Å². The van der Waals surface area contributed by atoms with E-state index < -0.39 is 5.82 Å². The van der Waals surface area contributed by atoms with Crippen molar-refractivity contribution in [2.24, 2.45) is 5.73 Å². The number of halogens is 3. The highest BCUT2D eigenvalue weighted by molar-refractivity contribution is 9.10. The molecule has 0 saturated carbocycles. The van der Waals surface area contributed by atoms with Gasteiger partial charge >= 0.3 is 0 Å². The van der Waals surface area contributed by atoms with E-state index in [1.54, 1.807) is 18.2 Å². The lowest BCUT2D eigenvalue weighted by atomic mass is 9.99. The summed E-state index contributed by atoms with van der Waals surface area (Å²) in [6, 6.07) is 8.73. The van der Waals surface area contributed by atoms with Crippen LogP contribution in [-0.4, -0.2) is 7.11 Å². The summed E-state index contributed by atoms with van der Waals surface area (Å²) < 4.78 is 32.1. The molecule has 20 heavy (non-hydrogen) atoms. The first kappa shape index (κ1) is 14.9. The molecule has 5 heteroatoms. The van der Waals surface area contributed by atoms with Crippen LogP contribution in [0, 0.1) is 11.6 Å². The zero-order valence-corrected chi connectivity index (χ0v) is 12.5. The quantitative estimate of drug-likeness (QED) is 0.912. The third-order valence-corrected chi connectivity index (χ3v) is 3.72. The standard InChI is InChI=1S/C15H14BrF2NO/c1-20-15-5-2-9(6-13(15)18)7-14(19)11-4-3-10(17)8-12(11)16/h2-6,8,14H,7,19H2,1H3. The molecule has 0 aromatic heterocycles. The fourth-order valence-electron chi connectivity index (χ4n) is 2.00. The van der Waals surface area contributed by atoms with E-state index in [0.717, 1.165) is 11.1 Å². The van der Waals surface area contributed by atoms with E-state index in [9.17, 15) is 8.78 Å². The average Bonchev–Trinajstić information content (AvgIpc) is 2.38. The second-order valence-electron chi connectivity index (χ2n) is 4.45. The smallest absolute Gasteiger partial charge is 0.165 e. The van der Waals surface area contributed by atoms with E-state index >= 15 is 0 Å². The molecule has 0 heterocycles. The van der Waals surface area contributed by atoms with Crippen molar-refractivity contribution in [3.8, 4) is 5.75 Å². The fraction of sp³-hybridized carbons (Fsp3) is 0.200. The molecule has 1 unspecified atom stereocenters. The van der Waals surface area contributed by atoms with E-state index in [1.165, 1.54) is 25.3 Å². The average molecular weight is 342 g/mol. The summed E-state index contributed by atoms with van der Waals surface area (Å²) >= 11 is 3.28. The molecule has 0 fully saturated rings. The zero-order chi connectivity index (χ0) is 14.7. The van der Waals surface area contributed by atoms with Crippen LogP contribution in [0.2, 0.25) is 0 Å². The molecule has 0 saturated heterocycles. The van der Waals surface area contributed by atoms with Crippen LogP contribution in [0.25, 0.3) is 0 Å². The molecule has 0 aliphatic heterocycles. The molecule has 2 N–H and O–H groups in total. The Bertz CT molecular complexity index is 619. The van der Waals surface area contributed by atoms with Crippen molar-refractivity contribution in [3.05, 3.63) is 63.6 Å². The van der Waals surface area contributed by atoms with Crippen LogP contribution >= 0.6 is 15.9 Å². The SMILES string of the molecule is COc1ccc(CC(N)c2ccc(F)cc2Br)cc1F. The van der Waals surface area contributed by atoms with Crippen molar-refractivity contribution in [2.45, 2.75) is 12.5 Å². The Morgan fingerprint density at radius 1 is 1.20 bits per heavy atom. The molecular weight excluding hydrogens is 328 g/mol. The highest BCUT2D eigenvalue weighted by atomic mass is 79.9. The summed E-state index contributed by atoms with van der Waals surface area (Å²) in [5.74, 6) is -0.552. The van der Waals surface area contributed by atoms with Gasteiger partial charge in [0, 0.05) is 10.5 Å². The van der Waals surface area contributed by atoms with E-state index in [-0.39, 0.29) is 17.6 Å². The third kappa shape index (κ3) is 3.35. The molecule has 0 aliphatic carbocycles. The molecule has 0 radical (unpaired) electrons. The lowest BCUT2D eigenvalue weighted by Gasteiger charge is -2.14. The third-order valence-electron chi connectivity index (χ3n) is 3.03. The van der Waals surface area contributed by atoms with Gasteiger partial charge in [-0.05, 0) is 41.8 Å². The number of ether oxygens (including phenoxy) is 1. The van der Waals surface area contributed by atoms with Gasteiger partial charge in [-0.1, -0.05) is 28.1 Å². The van der Waals surface area contributed by atoms with Crippen molar-refractivity contribution in [1.82, 2.24) is 0 Å². The molecule has 0 amide bonds. The number of benzene rings is 2. The Labute approximate surface area is 124 Å². The highest BCUT2D eigenvalue weighted by Crippen LogP contribution is 2.26. The molecule has 106 valence electrons. The summed E-state index contributed by atoms with van der Waals surface area (Å²) in [5.41, 5.74) is 7.63. The van der Waals surface area contributed by atoms with E-state index in [4.69, 9.17) is 10.5 Å². The second-order valence-corrected chi connectivity index (χ2v) is 5.30. The van der Waals surface area contributed by atoms with Crippen LogP contribution in [0.15, 0.2) is 40.9 Å². The van der Waals surface area contributed by atoms with Crippen molar-refractivity contribution in [1.29, 1.82) is 0 Å². The predicted octanol–water partition coefficient (Wildman–Crippen LogP) is 3.98. The molecule has 0 spiro atoms. The number of hydrogen-bond donors (Lipinski definition) is 1. The molecule has 0 bridgehead atoms. The first-order valence-electron chi connectivity index (χ1n) is 6.04.